The molecule has 0 aromatic rings. The number of amides is 1. The first kappa shape index (κ1) is 9.43. The lowest BCUT2D eigenvalue weighted by atomic mass is 10.1. The lowest BCUT2D eigenvalue weighted by Gasteiger charge is -2.06. The molecule has 0 saturated heterocycles. The summed E-state index contributed by atoms with van der Waals surface area (Å²) in [7, 11) is 0. The first-order valence-electron chi connectivity index (χ1n) is 3.52. The van der Waals surface area contributed by atoms with Crippen LogP contribution in [0.25, 0.3) is 0 Å². The molecule has 0 heterocycles. The van der Waals surface area contributed by atoms with Crippen LogP contribution >= 0.6 is 0 Å². The number of carbonyl (C=O) groups is 1. The van der Waals surface area contributed by atoms with Gasteiger partial charge in [-0.05, 0) is 12.3 Å². The summed E-state index contributed by atoms with van der Waals surface area (Å²) >= 11 is 0. The van der Waals surface area contributed by atoms with E-state index < -0.39 is 0 Å². The molecule has 0 saturated carbocycles. The molecule has 0 rings (SSSR count). The molecule has 0 aromatic carbocycles. The molecule has 0 aliphatic rings. The highest BCUT2D eigenvalue weighted by molar-refractivity contribution is 5.72. The van der Waals surface area contributed by atoms with E-state index in [1.54, 1.807) is 0 Å². The SMILES string of the molecule is CC(=O)NCC[C@H](C)CO. The average molecular weight is 145 g/mol. The van der Waals surface area contributed by atoms with Crippen LogP contribution < -0.4 is 5.32 Å². The zero-order valence-electron chi connectivity index (χ0n) is 6.55. The van der Waals surface area contributed by atoms with Gasteiger partial charge in [-0.25, -0.2) is 0 Å². The van der Waals surface area contributed by atoms with Crippen molar-refractivity contribution in [3.63, 3.8) is 0 Å². The lowest BCUT2D eigenvalue weighted by molar-refractivity contribution is -0.119. The molecule has 0 fully saturated rings. The standard InChI is InChI=1S/C7H15NO2/c1-6(5-9)3-4-8-7(2)10/h6,9H,3-5H2,1-2H3,(H,8,10)/t6-/m0/s1. The van der Waals surface area contributed by atoms with Crippen molar-refractivity contribution in [2.24, 2.45) is 5.92 Å². The quantitative estimate of drug-likeness (QED) is 0.591. The molecule has 0 aliphatic heterocycles. The number of rotatable bonds is 4. The van der Waals surface area contributed by atoms with Gasteiger partial charge in [0.15, 0.2) is 0 Å². The molecule has 10 heavy (non-hydrogen) atoms. The molecule has 0 aliphatic carbocycles. The van der Waals surface area contributed by atoms with E-state index in [1.165, 1.54) is 6.92 Å². The molecule has 2 N–H and O–H groups in total. The third kappa shape index (κ3) is 5.56. The highest BCUT2D eigenvalue weighted by Gasteiger charge is 1.98. The summed E-state index contributed by atoms with van der Waals surface area (Å²) in [5, 5.41) is 11.2. The fraction of sp³-hybridized carbons (Fsp3) is 0.857. The third-order valence-electron chi connectivity index (χ3n) is 1.32. The normalized spacial score (nSPS) is 12.7. The number of carbonyl (C=O) groups excluding carboxylic acids is 1. The monoisotopic (exact) mass is 145 g/mol. The molecular weight excluding hydrogens is 130 g/mol. The van der Waals surface area contributed by atoms with Gasteiger partial charge in [0.05, 0.1) is 0 Å². The fourth-order valence-corrected chi connectivity index (χ4v) is 0.586. The summed E-state index contributed by atoms with van der Waals surface area (Å²) < 4.78 is 0. The summed E-state index contributed by atoms with van der Waals surface area (Å²) in [6.07, 6.45) is 0.843. The first-order valence-corrected chi connectivity index (χ1v) is 3.52. The Morgan fingerprint density at radius 2 is 2.30 bits per heavy atom. The van der Waals surface area contributed by atoms with Crippen LogP contribution in [0, 0.1) is 5.92 Å². The van der Waals surface area contributed by atoms with E-state index in [2.05, 4.69) is 5.32 Å². The van der Waals surface area contributed by atoms with Gasteiger partial charge in [0, 0.05) is 20.1 Å². The number of nitrogens with one attached hydrogen (secondary N) is 1. The van der Waals surface area contributed by atoms with Crippen LogP contribution in [0.1, 0.15) is 20.3 Å². The second-order valence-electron chi connectivity index (χ2n) is 2.56. The van der Waals surface area contributed by atoms with Crippen LogP contribution in [0.4, 0.5) is 0 Å². The van der Waals surface area contributed by atoms with Gasteiger partial charge in [-0.3, -0.25) is 4.79 Å². The summed E-state index contributed by atoms with van der Waals surface area (Å²) in [5.74, 6) is 0.275. The van der Waals surface area contributed by atoms with E-state index in [1.807, 2.05) is 6.92 Å². The smallest absolute Gasteiger partial charge is 0.216 e. The van der Waals surface area contributed by atoms with Crippen LogP contribution in [0.15, 0.2) is 0 Å². The largest absolute Gasteiger partial charge is 0.396 e. The van der Waals surface area contributed by atoms with Crippen molar-refractivity contribution >= 4 is 5.91 Å². The zero-order chi connectivity index (χ0) is 7.98. The number of hydrogen-bond donors (Lipinski definition) is 2. The highest BCUT2D eigenvalue weighted by Crippen LogP contribution is 1.96. The Kier molecular flexibility index (Phi) is 4.94. The minimum absolute atomic E-state index is 0.00913. The lowest BCUT2D eigenvalue weighted by Crippen LogP contribution is -2.23. The molecular formula is C7H15NO2. The van der Waals surface area contributed by atoms with Gasteiger partial charge in [0.1, 0.15) is 0 Å². The number of hydrogen-bond acceptors (Lipinski definition) is 2. The average Bonchev–Trinajstić information content (AvgIpc) is 1.87. The first-order chi connectivity index (χ1) is 4.66. The molecule has 60 valence electrons. The Hall–Kier alpha value is -0.570. The van der Waals surface area contributed by atoms with Crippen LogP contribution in [-0.2, 0) is 4.79 Å². The Morgan fingerprint density at radius 1 is 1.70 bits per heavy atom. The van der Waals surface area contributed by atoms with Gasteiger partial charge in [-0.2, -0.15) is 0 Å². The molecule has 3 heteroatoms. The molecule has 1 atom stereocenters. The molecule has 0 spiro atoms. The molecule has 0 unspecified atom stereocenters. The van der Waals surface area contributed by atoms with Crippen LogP contribution in [0.5, 0.6) is 0 Å². The molecule has 3 nitrogen and oxygen atoms in total. The van der Waals surface area contributed by atoms with Crippen molar-refractivity contribution in [1.82, 2.24) is 5.32 Å². The summed E-state index contributed by atoms with van der Waals surface area (Å²) in [4.78, 5) is 10.3. The minimum Gasteiger partial charge on any atom is -0.396 e. The Labute approximate surface area is 61.4 Å². The molecule has 0 aromatic heterocycles. The Morgan fingerprint density at radius 3 is 2.70 bits per heavy atom. The maximum absolute atomic E-state index is 10.3. The van der Waals surface area contributed by atoms with Crippen molar-refractivity contribution in [2.75, 3.05) is 13.2 Å². The highest BCUT2D eigenvalue weighted by atomic mass is 16.3. The minimum atomic E-state index is -0.00913. The van der Waals surface area contributed by atoms with Crippen molar-refractivity contribution in [3.8, 4) is 0 Å². The van der Waals surface area contributed by atoms with Gasteiger partial charge in [0.25, 0.3) is 0 Å². The van der Waals surface area contributed by atoms with E-state index in [4.69, 9.17) is 5.11 Å². The Bertz CT molecular complexity index is 104. The van der Waals surface area contributed by atoms with Gasteiger partial charge in [-0.1, -0.05) is 6.92 Å². The van der Waals surface area contributed by atoms with E-state index in [0.29, 0.717) is 6.54 Å². The summed E-state index contributed by atoms with van der Waals surface area (Å²) in [5.41, 5.74) is 0. The van der Waals surface area contributed by atoms with E-state index in [0.717, 1.165) is 6.42 Å². The van der Waals surface area contributed by atoms with Crippen molar-refractivity contribution in [3.05, 3.63) is 0 Å². The van der Waals surface area contributed by atoms with Crippen LogP contribution in [-0.4, -0.2) is 24.2 Å². The predicted octanol–water partition coefficient (Wildman–Crippen LogP) is 0.141. The number of aliphatic hydroxyl groups is 1. The fourth-order valence-electron chi connectivity index (χ4n) is 0.586. The second-order valence-corrected chi connectivity index (χ2v) is 2.56. The van der Waals surface area contributed by atoms with E-state index >= 15 is 0 Å². The van der Waals surface area contributed by atoms with E-state index in [-0.39, 0.29) is 18.4 Å². The molecule has 0 bridgehead atoms. The maximum atomic E-state index is 10.3. The van der Waals surface area contributed by atoms with Gasteiger partial charge < -0.3 is 10.4 Å². The third-order valence-corrected chi connectivity index (χ3v) is 1.32. The Balaban J connectivity index is 3.11. The molecule has 1 amide bonds. The molecule has 0 radical (unpaired) electrons. The van der Waals surface area contributed by atoms with Crippen molar-refractivity contribution in [2.45, 2.75) is 20.3 Å². The predicted molar refractivity (Wildman–Crippen MR) is 39.6 cm³/mol. The van der Waals surface area contributed by atoms with Crippen LogP contribution in [0.2, 0.25) is 0 Å². The van der Waals surface area contributed by atoms with Gasteiger partial charge >= 0.3 is 0 Å². The van der Waals surface area contributed by atoms with Gasteiger partial charge in [0.2, 0.25) is 5.91 Å². The van der Waals surface area contributed by atoms with Crippen molar-refractivity contribution in [1.29, 1.82) is 0 Å². The second kappa shape index (κ2) is 5.23. The summed E-state index contributed by atoms with van der Waals surface area (Å²) in [6.45, 7) is 4.29. The zero-order valence-corrected chi connectivity index (χ0v) is 6.55. The van der Waals surface area contributed by atoms with Crippen molar-refractivity contribution < 1.29 is 9.90 Å². The van der Waals surface area contributed by atoms with E-state index in [9.17, 15) is 4.79 Å². The van der Waals surface area contributed by atoms with Gasteiger partial charge in [-0.15, -0.1) is 0 Å². The number of aliphatic hydroxyl groups excluding tert-OH is 1. The topological polar surface area (TPSA) is 49.3 Å². The maximum Gasteiger partial charge on any atom is 0.216 e. The summed E-state index contributed by atoms with van der Waals surface area (Å²) in [6, 6.07) is 0. The van der Waals surface area contributed by atoms with Crippen LogP contribution in [0.3, 0.4) is 0 Å².